The summed E-state index contributed by atoms with van der Waals surface area (Å²) < 4.78 is 6.40. The van der Waals surface area contributed by atoms with E-state index in [2.05, 4.69) is 37.0 Å². The van der Waals surface area contributed by atoms with Crippen LogP contribution >= 0.6 is 0 Å². The van der Waals surface area contributed by atoms with Gasteiger partial charge in [-0.05, 0) is 55.6 Å². The third-order valence-electron chi connectivity index (χ3n) is 6.08. The van der Waals surface area contributed by atoms with Crippen molar-refractivity contribution in [2.75, 3.05) is 6.61 Å². The Kier molecular flexibility index (Phi) is 3.53. The van der Waals surface area contributed by atoms with Crippen molar-refractivity contribution in [1.82, 2.24) is 4.98 Å². The number of aromatic amines is 1. The number of aryl methyl sites for hydroxylation is 1. The summed E-state index contributed by atoms with van der Waals surface area (Å²) in [4.78, 5) is 3.80. The van der Waals surface area contributed by atoms with Crippen molar-refractivity contribution in [2.24, 2.45) is 5.92 Å². The number of nitrogens with one attached hydrogen (secondary N) is 1. The maximum Gasteiger partial charge on any atom is 0.108 e. The lowest BCUT2D eigenvalue weighted by Gasteiger charge is -2.42. The van der Waals surface area contributed by atoms with Crippen LogP contribution < -0.4 is 0 Å². The van der Waals surface area contributed by atoms with E-state index in [1.807, 2.05) is 0 Å². The maximum absolute atomic E-state index is 6.40. The van der Waals surface area contributed by atoms with Crippen LogP contribution in [0.3, 0.4) is 0 Å². The molecule has 1 fully saturated rings. The number of ether oxygens (including phenoxy) is 1. The Balaban J connectivity index is 1.81. The minimum Gasteiger partial charge on any atom is -0.368 e. The van der Waals surface area contributed by atoms with Crippen LogP contribution in [0.15, 0.2) is 18.2 Å². The molecular weight excluding hydrogens is 270 g/mol. The molecule has 0 atom stereocenters. The molecule has 1 saturated carbocycles. The molecule has 2 nitrogen and oxygen atoms in total. The summed E-state index contributed by atoms with van der Waals surface area (Å²) in [6.07, 6.45) is 8.46. The van der Waals surface area contributed by atoms with Gasteiger partial charge in [-0.3, -0.25) is 0 Å². The van der Waals surface area contributed by atoms with E-state index < -0.39 is 0 Å². The van der Waals surface area contributed by atoms with Crippen molar-refractivity contribution in [3.8, 4) is 0 Å². The number of fused-ring (bicyclic) bond motifs is 4. The Morgan fingerprint density at radius 1 is 1.23 bits per heavy atom. The molecule has 22 heavy (non-hydrogen) atoms. The SMILES string of the molecule is CCc1cccc2c3c([nH]c12)C1(CCC(CC)CC1)OCC3. The molecule has 0 unspecified atom stereocenters. The summed E-state index contributed by atoms with van der Waals surface area (Å²) in [6.45, 7) is 5.45. The van der Waals surface area contributed by atoms with E-state index in [4.69, 9.17) is 4.74 Å². The number of hydrogen-bond donors (Lipinski definition) is 1. The normalized spacial score (nSPS) is 28.2. The standard InChI is InChI=1S/C20H27NO/c1-3-14-8-11-20(12-9-14)19-17(10-13-22-20)16-7-5-6-15(4-2)18(16)21-19/h5-7,14,21H,3-4,8-13H2,1-2H3. The van der Waals surface area contributed by atoms with Crippen LogP contribution in [0, 0.1) is 5.92 Å². The van der Waals surface area contributed by atoms with Crippen LogP contribution in [0.5, 0.6) is 0 Å². The second-order valence-corrected chi connectivity index (χ2v) is 7.12. The molecule has 1 aromatic carbocycles. The Morgan fingerprint density at radius 2 is 2.05 bits per heavy atom. The molecule has 1 aliphatic carbocycles. The molecule has 4 rings (SSSR count). The number of rotatable bonds is 2. The van der Waals surface area contributed by atoms with Gasteiger partial charge in [0, 0.05) is 10.9 Å². The molecule has 0 bridgehead atoms. The fourth-order valence-corrected chi connectivity index (χ4v) is 4.64. The van der Waals surface area contributed by atoms with E-state index in [0.29, 0.717) is 0 Å². The Morgan fingerprint density at radius 3 is 2.77 bits per heavy atom. The van der Waals surface area contributed by atoms with E-state index in [1.54, 1.807) is 0 Å². The van der Waals surface area contributed by atoms with Gasteiger partial charge in [-0.2, -0.15) is 0 Å². The summed E-state index contributed by atoms with van der Waals surface area (Å²) in [5, 5.41) is 1.44. The van der Waals surface area contributed by atoms with Crippen LogP contribution in [0.4, 0.5) is 0 Å². The predicted molar refractivity (Wildman–Crippen MR) is 91.3 cm³/mol. The van der Waals surface area contributed by atoms with Gasteiger partial charge in [0.25, 0.3) is 0 Å². The van der Waals surface area contributed by atoms with Gasteiger partial charge < -0.3 is 9.72 Å². The first kappa shape index (κ1) is 14.3. The van der Waals surface area contributed by atoms with E-state index >= 15 is 0 Å². The fourth-order valence-electron chi connectivity index (χ4n) is 4.64. The predicted octanol–water partition coefficient (Wildman–Crippen LogP) is 5.10. The van der Waals surface area contributed by atoms with Gasteiger partial charge >= 0.3 is 0 Å². The van der Waals surface area contributed by atoms with Crippen LogP contribution in [0.1, 0.15) is 62.8 Å². The van der Waals surface area contributed by atoms with Gasteiger partial charge in [0.05, 0.1) is 12.3 Å². The summed E-state index contributed by atoms with van der Waals surface area (Å²) in [7, 11) is 0. The molecule has 1 aromatic heterocycles. The summed E-state index contributed by atoms with van der Waals surface area (Å²) in [5.74, 6) is 0.898. The minimum absolute atomic E-state index is 0.0245. The average Bonchev–Trinajstić information content (AvgIpc) is 2.96. The lowest BCUT2D eigenvalue weighted by Crippen LogP contribution is -2.39. The van der Waals surface area contributed by atoms with Crippen LogP contribution in [-0.2, 0) is 23.2 Å². The number of para-hydroxylation sites is 1. The van der Waals surface area contributed by atoms with Crippen molar-refractivity contribution >= 4 is 10.9 Å². The highest BCUT2D eigenvalue weighted by atomic mass is 16.5. The summed E-state index contributed by atoms with van der Waals surface area (Å²) in [5.41, 5.74) is 5.71. The number of hydrogen-bond acceptors (Lipinski definition) is 1. The Labute approximate surface area is 133 Å². The van der Waals surface area contributed by atoms with Gasteiger partial charge in [0.15, 0.2) is 0 Å². The number of H-pyrrole nitrogens is 1. The molecule has 1 spiro atoms. The van der Waals surface area contributed by atoms with Gasteiger partial charge in [-0.1, -0.05) is 38.5 Å². The monoisotopic (exact) mass is 297 g/mol. The Bertz CT molecular complexity index is 676. The van der Waals surface area contributed by atoms with E-state index in [9.17, 15) is 0 Å². The second kappa shape index (κ2) is 5.42. The van der Waals surface area contributed by atoms with Crippen LogP contribution in [-0.4, -0.2) is 11.6 Å². The highest BCUT2D eigenvalue weighted by Crippen LogP contribution is 2.47. The topological polar surface area (TPSA) is 25.0 Å². The average molecular weight is 297 g/mol. The summed E-state index contributed by atoms with van der Waals surface area (Å²) >= 11 is 0. The lowest BCUT2D eigenvalue weighted by atomic mass is 9.74. The molecule has 1 N–H and O–H groups in total. The van der Waals surface area contributed by atoms with E-state index in [1.165, 1.54) is 59.8 Å². The van der Waals surface area contributed by atoms with Crippen LogP contribution in [0.2, 0.25) is 0 Å². The van der Waals surface area contributed by atoms with Crippen molar-refractivity contribution in [3.63, 3.8) is 0 Å². The van der Waals surface area contributed by atoms with Gasteiger partial charge in [0.1, 0.15) is 5.60 Å². The largest absolute Gasteiger partial charge is 0.368 e. The zero-order chi connectivity index (χ0) is 15.2. The first-order chi connectivity index (χ1) is 10.8. The smallest absolute Gasteiger partial charge is 0.108 e. The maximum atomic E-state index is 6.40. The molecule has 0 saturated heterocycles. The highest BCUT2D eigenvalue weighted by Gasteiger charge is 2.42. The van der Waals surface area contributed by atoms with Crippen molar-refractivity contribution in [2.45, 2.75) is 64.4 Å². The molecule has 2 heteroatoms. The highest BCUT2D eigenvalue weighted by molar-refractivity contribution is 5.88. The number of benzene rings is 1. The number of aromatic nitrogens is 1. The summed E-state index contributed by atoms with van der Waals surface area (Å²) in [6, 6.07) is 6.76. The molecule has 0 radical (unpaired) electrons. The fraction of sp³-hybridized carbons (Fsp3) is 0.600. The molecule has 2 heterocycles. The van der Waals surface area contributed by atoms with E-state index in [-0.39, 0.29) is 5.60 Å². The molecule has 2 aromatic rings. The zero-order valence-corrected chi connectivity index (χ0v) is 13.9. The third kappa shape index (κ3) is 2.04. The van der Waals surface area contributed by atoms with Crippen LogP contribution in [0.25, 0.3) is 10.9 Å². The van der Waals surface area contributed by atoms with Gasteiger partial charge in [-0.25, -0.2) is 0 Å². The van der Waals surface area contributed by atoms with Crippen molar-refractivity contribution < 1.29 is 4.74 Å². The minimum atomic E-state index is -0.0245. The molecule has 1 aliphatic heterocycles. The molecule has 2 aliphatic rings. The van der Waals surface area contributed by atoms with Crippen molar-refractivity contribution in [3.05, 3.63) is 35.0 Å². The second-order valence-electron chi connectivity index (χ2n) is 7.12. The first-order valence-electron chi connectivity index (χ1n) is 9.04. The molecule has 118 valence electrons. The van der Waals surface area contributed by atoms with Gasteiger partial charge in [-0.15, -0.1) is 0 Å². The quantitative estimate of drug-likeness (QED) is 0.819. The lowest BCUT2D eigenvalue weighted by molar-refractivity contribution is -0.0950. The van der Waals surface area contributed by atoms with E-state index in [0.717, 1.165) is 25.4 Å². The molecular formula is C20H27NO. The zero-order valence-electron chi connectivity index (χ0n) is 13.9. The third-order valence-corrected chi connectivity index (χ3v) is 6.08. The molecule has 0 amide bonds. The Hall–Kier alpha value is -1.28. The van der Waals surface area contributed by atoms with Gasteiger partial charge in [0.2, 0.25) is 0 Å². The van der Waals surface area contributed by atoms with Crippen molar-refractivity contribution in [1.29, 1.82) is 0 Å². The first-order valence-corrected chi connectivity index (χ1v) is 9.04.